The summed E-state index contributed by atoms with van der Waals surface area (Å²) in [6.45, 7) is 4.96. The van der Waals surface area contributed by atoms with Crippen molar-refractivity contribution in [2.75, 3.05) is 13.1 Å². The zero-order valence-corrected chi connectivity index (χ0v) is 20.3. The van der Waals surface area contributed by atoms with E-state index in [9.17, 15) is 9.59 Å². The molecule has 1 aromatic carbocycles. The molecule has 1 fully saturated rings. The minimum Gasteiger partial charge on any atom is -0.331 e. The number of piperidine rings is 1. The zero-order valence-electron chi connectivity index (χ0n) is 19.6. The molecule has 1 aliphatic heterocycles. The maximum absolute atomic E-state index is 13.0. The van der Waals surface area contributed by atoms with E-state index >= 15 is 0 Å². The van der Waals surface area contributed by atoms with E-state index in [4.69, 9.17) is 11.6 Å². The summed E-state index contributed by atoms with van der Waals surface area (Å²) in [7, 11) is 0. The summed E-state index contributed by atoms with van der Waals surface area (Å²) in [5.74, 6) is 0.722. The topological polar surface area (TPSA) is 97.9 Å². The van der Waals surface area contributed by atoms with Crippen LogP contribution in [0.3, 0.4) is 0 Å². The smallest absolute Gasteiger partial charge is 0.317 e. The lowest BCUT2D eigenvalue weighted by Crippen LogP contribution is -2.46. The number of amides is 2. The number of rotatable bonds is 4. The Kier molecular flexibility index (Phi) is 6.25. The van der Waals surface area contributed by atoms with Crippen molar-refractivity contribution >= 4 is 28.4 Å². The molecule has 4 aromatic rings. The zero-order chi connectivity index (χ0) is 24.5. The van der Waals surface area contributed by atoms with Crippen LogP contribution >= 0.6 is 11.6 Å². The predicted molar refractivity (Wildman–Crippen MR) is 134 cm³/mol. The van der Waals surface area contributed by atoms with Crippen molar-refractivity contribution in [3.63, 3.8) is 0 Å². The Morgan fingerprint density at radius 1 is 1.11 bits per heavy atom. The van der Waals surface area contributed by atoms with E-state index in [1.807, 2.05) is 44.3 Å². The van der Waals surface area contributed by atoms with Crippen LogP contribution < -0.4 is 10.9 Å². The average molecular weight is 492 g/mol. The quantitative estimate of drug-likeness (QED) is 0.464. The van der Waals surface area contributed by atoms with Gasteiger partial charge in [-0.05, 0) is 49.9 Å². The molecule has 0 radical (unpaired) electrons. The fourth-order valence-corrected chi connectivity index (χ4v) is 4.66. The number of hydrogen-bond acceptors (Lipinski definition) is 5. The molecule has 5 rings (SSSR count). The van der Waals surface area contributed by atoms with Gasteiger partial charge in [0.2, 0.25) is 0 Å². The van der Waals surface area contributed by atoms with Gasteiger partial charge in [-0.3, -0.25) is 4.79 Å². The molecule has 0 unspecified atom stereocenters. The summed E-state index contributed by atoms with van der Waals surface area (Å²) in [6.07, 6.45) is 6.70. The highest BCUT2D eigenvalue weighted by Crippen LogP contribution is 2.24. The highest BCUT2D eigenvalue weighted by Gasteiger charge is 2.27. The van der Waals surface area contributed by atoms with Crippen LogP contribution in [0.5, 0.6) is 0 Å². The number of nitrogens with zero attached hydrogens (tertiary/aromatic N) is 6. The van der Waals surface area contributed by atoms with Crippen molar-refractivity contribution in [2.24, 2.45) is 0 Å². The first-order chi connectivity index (χ1) is 16.9. The van der Waals surface area contributed by atoms with Crippen LogP contribution in [0.1, 0.15) is 43.0 Å². The van der Waals surface area contributed by atoms with Crippen LogP contribution in [0.4, 0.5) is 4.79 Å². The molecular weight excluding hydrogens is 466 g/mol. The molecule has 1 saturated heterocycles. The maximum atomic E-state index is 13.0. The molecule has 0 saturated carbocycles. The molecule has 35 heavy (non-hydrogen) atoms. The molecular formula is C25H26ClN7O2. The molecule has 0 spiro atoms. The fourth-order valence-electron chi connectivity index (χ4n) is 4.41. The number of likely N-dealkylation sites (tertiary alicyclic amines) is 1. The Morgan fingerprint density at radius 3 is 2.51 bits per heavy atom. The normalized spacial score (nSPS) is 15.3. The molecule has 4 heterocycles. The summed E-state index contributed by atoms with van der Waals surface area (Å²) in [5.41, 5.74) is 1.81. The lowest BCUT2D eigenvalue weighted by Gasteiger charge is -2.33. The number of urea groups is 1. The molecule has 1 N–H and O–H groups in total. The second-order valence-corrected chi connectivity index (χ2v) is 9.25. The van der Waals surface area contributed by atoms with E-state index in [2.05, 4.69) is 20.5 Å². The standard InChI is InChI=1S/C25H26ClN7O2/c1-16-13-28-32(15-16)22-8-7-18(14-27-22)17(2)29-25(35)31-11-9-19(10-12-31)33-24(34)21-6-4-3-5-20(21)23(26)30-33/h3-8,13-15,17,19H,9-12H2,1-2H3,(H,29,35)/t17-/m0/s1. The number of aromatic nitrogens is 5. The Bertz CT molecular complexity index is 1420. The van der Waals surface area contributed by atoms with Gasteiger partial charge in [0, 0.05) is 30.9 Å². The van der Waals surface area contributed by atoms with Gasteiger partial charge in [0.1, 0.15) is 0 Å². The first kappa shape index (κ1) is 23.0. The van der Waals surface area contributed by atoms with Gasteiger partial charge in [-0.1, -0.05) is 35.9 Å². The van der Waals surface area contributed by atoms with E-state index in [1.165, 1.54) is 4.68 Å². The Balaban J connectivity index is 1.21. The maximum Gasteiger partial charge on any atom is 0.317 e. The van der Waals surface area contributed by atoms with Crippen LogP contribution in [0, 0.1) is 6.92 Å². The van der Waals surface area contributed by atoms with Crippen LogP contribution in [-0.2, 0) is 0 Å². The lowest BCUT2D eigenvalue weighted by atomic mass is 10.0. The fraction of sp³-hybridized carbons (Fsp3) is 0.320. The average Bonchev–Trinajstić information content (AvgIpc) is 3.32. The molecule has 0 bridgehead atoms. The van der Waals surface area contributed by atoms with E-state index in [1.54, 1.807) is 34.1 Å². The second kappa shape index (κ2) is 9.50. The van der Waals surface area contributed by atoms with Gasteiger partial charge in [0.15, 0.2) is 11.0 Å². The number of carbonyl (C=O) groups excluding carboxylic acids is 1. The van der Waals surface area contributed by atoms with E-state index in [-0.39, 0.29) is 23.7 Å². The molecule has 10 heteroatoms. The van der Waals surface area contributed by atoms with Gasteiger partial charge >= 0.3 is 6.03 Å². The third-order valence-corrected chi connectivity index (χ3v) is 6.72. The largest absolute Gasteiger partial charge is 0.331 e. The van der Waals surface area contributed by atoms with Crippen molar-refractivity contribution in [1.82, 2.24) is 34.8 Å². The number of aryl methyl sites for hydroxylation is 1. The number of fused-ring (bicyclic) bond motifs is 1. The Morgan fingerprint density at radius 2 is 1.86 bits per heavy atom. The predicted octanol–water partition coefficient (Wildman–Crippen LogP) is 4.05. The van der Waals surface area contributed by atoms with Crippen molar-refractivity contribution in [3.05, 3.63) is 81.6 Å². The SMILES string of the molecule is Cc1cnn(-c2ccc([C@H](C)NC(=O)N3CCC(n4nc(Cl)c5ccccc5c4=O)CC3)cn2)c1. The summed E-state index contributed by atoms with van der Waals surface area (Å²) >= 11 is 6.34. The molecule has 9 nitrogen and oxygen atoms in total. The third-order valence-electron chi connectivity index (χ3n) is 6.44. The van der Waals surface area contributed by atoms with Crippen LogP contribution in [0.2, 0.25) is 5.15 Å². The summed E-state index contributed by atoms with van der Waals surface area (Å²) < 4.78 is 3.20. The minimum absolute atomic E-state index is 0.103. The van der Waals surface area contributed by atoms with Crippen molar-refractivity contribution in [2.45, 2.75) is 38.8 Å². The van der Waals surface area contributed by atoms with E-state index in [0.717, 1.165) is 16.9 Å². The number of hydrogen-bond donors (Lipinski definition) is 1. The highest BCUT2D eigenvalue weighted by molar-refractivity contribution is 6.34. The first-order valence-electron chi connectivity index (χ1n) is 11.6. The molecule has 1 aliphatic rings. The Hall–Kier alpha value is -3.72. The molecule has 180 valence electrons. The van der Waals surface area contributed by atoms with Crippen LogP contribution in [0.15, 0.2) is 59.8 Å². The van der Waals surface area contributed by atoms with Gasteiger partial charge in [-0.2, -0.15) is 10.2 Å². The highest BCUT2D eigenvalue weighted by atomic mass is 35.5. The van der Waals surface area contributed by atoms with Gasteiger partial charge in [0.05, 0.1) is 23.7 Å². The number of benzene rings is 1. The van der Waals surface area contributed by atoms with E-state index < -0.39 is 0 Å². The first-order valence-corrected chi connectivity index (χ1v) is 12.0. The monoisotopic (exact) mass is 491 g/mol. The van der Waals surface area contributed by atoms with Gasteiger partial charge in [0.25, 0.3) is 5.56 Å². The molecule has 0 aliphatic carbocycles. The number of carbonyl (C=O) groups is 1. The third kappa shape index (κ3) is 4.64. The number of halogens is 1. The Labute approximate surface area is 207 Å². The molecule has 2 amide bonds. The van der Waals surface area contributed by atoms with Crippen molar-refractivity contribution in [1.29, 1.82) is 0 Å². The van der Waals surface area contributed by atoms with Gasteiger partial charge in [-0.25, -0.2) is 19.1 Å². The minimum atomic E-state index is -0.204. The van der Waals surface area contributed by atoms with E-state index in [0.29, 0.717) is 41.9 Å². The van der Waals surface area contributed by atoms with Gasteiger partial charge in [-0.15, -0.1) is 0 Å². The molecule has 3 aromatic heterocycles. The number of nitrogens with one attached hydrogen (secondary N) is 1. The van der Waals surface area contributed by atoms with Gasteiger partial charge < -0.3 is 10.2 Å². The van der Waals surface area contributed by atoms with Crippen LogP contribution in [0.25, 0.3) is 16.6 Å². The summed E-state index contributed by atoms with van der Waals surface area (Å²) in [4.78, 5) is 32.1. The number of pyridine rings is 1. The molecule has 1 atom stereocenters. The lowest BCUT2D eigenvalue weighted by molar-refractivity contribution is 0.165. The van der Waals surface area contributed by atoms with Crippen molar-refractivity contribution < 1.29 is 4.79 Å². The summed E-state index contributed by atoms with van der Waals surface area (Å²) in [6, 6.07) is 10.6. The summed E-state index contributed by atoms with van der Waals surface area (Å²) in [5, 5.41) is 13.2. The van der Waals surface area contributed by atoms with Crippen molar-refractivity contribution in [3.8, 4) is 5.82 Å². The second-order valence-electron chi connectivity index (χ2n) is 8.89. The van der Waals surface area contributed by atoms with Crippen LogP contribution in [-0.4, -0.2) is 48.6 Å².